The van der Waals surface area contributed by atoms with Crippen molar-refractivity contribution < 1.29 is 15.0 Å². The number of rotatable bonds is 16. The van der Waals surface area contributed by atoms with Crippen molar-refractivity contribution in [2.75, 3.05) is 13.2 Å². The number of carbonyl (C=O) groups excluding carboxylic acids is 1. The predicted octanol–water partition coefficient (Wildman–Crippen LogP) is 4.39. The molecule has 3 N–H and O–H groups in total. The molecule has 0 aliphatic carbocycles. The van der Waals surface area contributed by atoms with Crippen molar-refractivity contribution >= 4 is 17.1 Å². The third kappa shape index (κ3) is 9.26. The SMILES string of the molecule is CCCCCCCCCCC(=O)Cc1ccc(C(O)C(CO)NCC)s1. The fraction of sp³-hybridized carbons (Fsp3) is 0.762. The zero-order chi connectivity index (χ0) is 19.2. The predicted molar refractivity (Wildman–Crippen MR) is 110 cm³/mol. The molecule has 1 heterocycles. The quantitative estimate of drug-likeness (QED) is 0.370. The van der Waals surface area contributed by atoms with Gasteiger partial charge in [0.25, 0.3) is 0 Å². The summed E-state index contributed by atoms with van der Waals surface area (Å²) in [5.74, 6) is 0.282. The van der Waals surface area contributed by atoms with Crippen LogP contribution in [0.2, 0.25) is 0 Å². The number of hydrogen-bond donors (Lipinski definition) is 3. The average Bonchev–Trinajstić information content (AvgIpc) is 3.09. The minimum Gasteiger partial charge on any atom is -0.395 e. The Balaban J connectivity index is 2.25. The van der Waals surface area contributed by atoms with Crippen molar-refractivity contribution in [3.8, 4) is 0 Å². The van der Waals surface area contributed by atoms with Crippen molar-refractivity contribution in [1.82, 2.24) is 5.32 Å². The van der Waals surface area contributed by atoms with Gasteiger partial charge in [-0.3, -0.25) is 4.79 Å². The molecule has 0 bridgehead atoms. The number of ketones is 1. The molecule has 0 spiro atoms. The van der Waals surface area contributed by atoms with Crippen LogP contribution in [0.1, 0.15) is 87.5 Å². The van der Waals surface area contributed by atoms with Crippen LogP contribution in [0.4, 0.5) is 0 Å². The lowest BCUT2D eigenvalue weighted by Gasteiger charge is -2.20. The summed E-state index contributed by atoms with van der Waals surface area (Å²) in [7, 11) is 0. The number of nitrogens with one attached hydrogen (secondary N) is 1. The standard InChI is InChI=1S/C21H37NO3S/c1-3-5-6-7-8-9-10-11-12-17(24)15-18-13-14-20(26-18)21(25)19(16-23)22-4-2/h13-14,19,21-23,25H,3-12,15-16H2,1-2H3. The summed E-state index contributed by atoms with van der Waals surface area (Å²) >= 11 is 1.47. The number of aliphatic hydroxyl groups is 2. The van der Waals surface area contributed by atoms with E-state index in [4.69, 9.17) is 0 Å². The molecule has 150 valence electrons. The number of likely N-dealkylation sites (N-methyl/N-ethyl adjacent to an activating group) is 1. The van der Waals surface area contributed by atoms with Crippen molar-refractivity contribution in [1.29, 1.82) is 0 Å². The maximum absolute atomic E-state index is 12.1. The first kappa shape index (κ1) is 23.3. The Kier molecular flexibility index (Phi) is 12.8. The molecule has 0 saturated heterocycles. The topological polar surface area (TPSA) is 69.6 Å². The summed E-state index contributed by atoms with van der Waals surface area (Å²) < 4.78 is 0. The Hall–Kier alpha value is -0.750. The number of Topliss-reactive ketones (excluding diaryl/α,β-unsaturated/α-hetero) is 1. The van der Waals surface area contributed by atoms with Gasteiger partial charge < -0.3 is 15.5 Å². The first-order valence-corrected chi connectivity index (χ1v) is 11.1. The van der Waals surface area contributed by atoms with Crippen LogP contribution in [-0.2, 0) is 11.2 Å². The number of hydrogen-bond acceptors (Lipinski definition) is 5. The van der Waals surface area contributed by atoms with E-state index >= 15 is 0 Å². The first-order valence-electron chi connectivity index (χ1n) is 10.2. The summed E-state index contributed by atoms with van der Waals surface area (Å²) in [5.41, 5.74) is 0. The average molecular weight is 384 g/mol. The second-order valence-corrected chi connectivity index (χ2v) is 8.24. The highest BCUT2D eigenvalue weighted by atomic mass is 32.1. The Morgan fingerprint density at radius 2 is 1.73 bits per heavy atom. The molecule has 1 aromatic rings. The van der Waals surface area contributed by atoms with Gasteiger partial charge in [-0.25, -0.2) is 0 Å². The summed E-state index contributed by atoms with van der Waals surface area (Å²) in [6.07, 6.45) is 10.3. The summed E-state index contributed by atoms with van der Waals surface area (Å²) in [6.45, 7) is 4.76. The summed E-state index contributed by atoms with van der Waals surface area (Å²) in [5, 5.41) is 22.8. The van der Waals surface area contributed by atoms with Crippen LogP contribution in [0.5, 0.6) is 0 Å². The maximum atomic E-state index is 12.1. The Bertz CT molecular complexity index is 489. The van der Waals surface area contributed by atoms with Gasteiger partial charge in [0.15, 0.2) is 0 Å². The normalized spacial score (nSPS) is 13.7. The third-order valence-corrected chi connectivity index (χ3v) is 5.85. The van der Waals surface area contributed by atoms with Gasteiger partial charge in [-0.1, -0.05) is 58.8 Å². The largest absolute Gasteiger partial charge is 0.395 e. The van der Waals surface area contributed by atoms with Crippen LogP contribution >= 0.6 is 11.3 Å². The van der Waals surface area contributed by atoms with Gasteiger partial charge >= 0.3 is 0 Å². The minimum absolute atomic E-state index is 0.111. The van der Waals surface area contributed by atoms with E-state index in [0.717, 1.165) is 22.6 Å². The van der Waals surface area contributed by atoms with Crippen molar-refractivity contribution in [2.45, 2.75) is 90.2 Å². The molecule has 0 radical (unpaired) electrons. The lowest BCUT2D eigenvalue weighted by atomic mass is 10.0. The van der Waals surface area contributed by atoms with Gasteiger partial charge in [-0.05, 0) is 25.1 Å². The van der Waals surface area contributed by atoms with E-state index in [-0.39, 0.29) is 18.4 Å². The lowest BCUT2D eigenvalue weighted by molar-refractivity contribution is -0.118. The number of aliphatic hydroxyl groups excluding tert-OH is 2. The zero-order valence-corrected chi connectivity index (χ0v) is 17.3. The second kappa shape index (κ2) is 14.3. The fourth-order valence-corrected chi connectivity index (χ4v) is 4.22. The van der Waals surface area contributed by atoms with Crippen LogP contribution < -0.4 is 5.32 Å². The molecule has 0 aromatic carbocycles. The highest BCUT2D eigenvalue weighted by Gasteiger charge is 2.21. The number of carbonyl (C=O) groups is 1. The van der Waals surface area contributed by atoms with Gasteiger partial charge in [0.1, 0.15) is 11.9 Å². The van der Waals surface area contributed by atoms with Gasteiger partial charge in [0.05, 0.1) is 12.6 Å². The molecule has 0 saturated carbocycles. The van der Waals surface area contributed by atoms with Gasteiger partial charge in [-0.2, -0.15) is 0 Å². The van der Waals surface area contributed by atoms with Crippen molar-refractivity contribution in [2.24, 2.45) is 0 Å². The van der Waals surface area contributed by atoms with E-state index in [1.807, 2.05) is 19.1 Å². The van der Waals surface area contributed by atoms with Gasteiger partial charge in [0, 0.05) is 22.6 Å². The van der Waals surface area contributed by atoms with Gasteiger partial charge in [0.2, 0.25) is 0 Å². The lowest BCUT2D eigenvalue weighted by Crippen LogP contribution is -2.37. The molecule has 1 rings (SSSR count). The molecule has 2 atom stereocenters. The fourth-order valence-electron chi connectivity index (χ4n) is 3.12. The van der Waals surface area contributed by atoms with Crippen molar-refractivity contribution in [3.63, 3.8) is 0 Å². The summed E-state index contributed by atoms with van der Waals surface area (Å²) in [4.78, 5) is 14.0. The zero-order valence-electron chi connectivity index (χ0n) is 16.5. The van der Waals surface area contributed by atoms with Crippen molar-refractivity contribution in [3.05, 3.63) is 21.9 Å². The smallest absolute Gasteiger partial charge is 0.138 e. The second-order valence-electron chi connectivity index (χ2n) is 7.04. The van der Waals surface area contributed by atoms with E-state index in [0.29, 0.717) is 19.4 Å². The molecule has 0 aliphatic heterocycles. The highest BCUT2D eigenvalue weighted by Crippen LogP contribution is 2.26. The van der Waals surface area contributed by atoms with Crippen LogP contribution in [0.3, 0.4) is 0 Å². The van der Waals surface area contributed by atoms with Gasteiger partial charge in [-0.15, -0.1) is 11.3 Å². The van der Waals surface area contributed by atoms with Crippen LogP contribution in [0.25, 0.3) is 0 Å². The van der Waals surface area contributed by atoms with E-state index in [1.165, 1.54) is 49.9 Å². The Morgan fingerprint density at radius 3 is 2.35 bits per heavy atom. The highest BCUT2D eigenvalue weighted by molar-refractivity contribution is 7.12. The van der Waals surface area contributed by atoms with Crippen LogP contribution in [-0.4, -0.2) is 35.2 Å². The monoisotopic (exact) mass is 383 g/mol. The summed E-state index contributed by atoms with van der Waals surface area (Å²) in [6, 6.07) is 3.43. The number of unbranched alkanes of at least 4 members (excludes halogenated alkanes) is 7. The maximum Gasteiger partial charge on any atom is 0.138 e. The first-order chi connectivity index (χ1) is 12.6. The minimum atomic E-state index is -0.735. The molecule has 2 unspecified atom stereocenters. The van der Waals surface area contributed by atoms with Crippen LogP contribution in [0, 0.1) is 0 Å². The number of thiophene rings is 1. The molecule has 0 fully saturated rings. The van der Waals surface area contributed by atoms with E-state index in [9.17, 15) is 15.0 Å². The molecular weight excluding hydrogens is 346 g/mol. The molecular formula is C21H37NO3S. The van der Waals surface area contributed by atoms with E-state index < -0.39 is 6.10 Å². The molecule has 4 nitrogen and oxygen atoms in total. The van der Waals surface area contributed by atoms with E-state index in [2.05, 4.69) is 12.2 Å². The molecule has 1 aromatic heterocycles. The molecule has 5 heteroatoms. The molecule has 0 aliphatic rings. The third-order valence-electron chi connectivity index (χ3n) is 4.70. The molecule has 26 heavy (non-hydrogen) atoms. The molecule has 0 amide bonds. The Labute approximate surface area is 163 Å². The Morgan fingerprint density at radius 1 is 1.08 bits per heavy atom. The van der Waals surface area contributed by atoms with Crippen LogP contribution in [0.15, 0.2) is 12.1 Å². The van der Waals surface area contributed by atoms with E-state index in [1.54, 1.807) is 0 Å².